The first-order valence-electron chi connectivity index (χ1n) is 10.4. The third kappa shape index (κ3) is 4.35. The van der Waals surface area contributed by atoms with Crippen LogP contribution in [0.4, 0.5) is 0 Å². The van der Waals surface area contributed by atoms with Gasteiger partial charge in [-0.05, 0) is 51.6 Å². The summed E-state index contributed by atoms with van der Waals surface area (Å²) in [5, 5.41) is 0. The van der Waals surface area contributed by atoms with Crippen LogP contribution >= 0.6 is 0 Å². The Morgan fingerprint density at radius 1 is 0.600 bits per heavy atom. The van der Waals surface area contributed by atoms with E-state index in [0.717, 1.165) is 0 Å². The van der Waals surface area contributed by atoms with Crippen LogP contribution in [0.1, 0.15) is 17.2 Å². The predicted octanol–water partition coefficient (Wildman–Crippen LogP) is 6.68. The molecular formula is C28H24O2. The van der Waals surface area contributed by atoms with Crippen LogP contribution in [0.2, 0.25) is 0 Å². The Morgan fingerprint density at radius 3 is 1.70 bits per heavy atom. The number of benzene rings is 4. The fraction of sp³-hybridized carbons (Fsp3) is 0.143. The zero-order valence-corrected chi connectivity index (χ0v) is 16.8. The molecule has 1 fully saturated rings. The molecule has 5 rings (SSSR count). The third-order valence-electron chi connectivity index (χ3n) is 5.47. The summed E-state index contributed by atoms with van der Waals surface area (Å²) in [5.74, 6) is 0. The van der Waals surface area contributed by atoms with E-state index >= 15 is 0 Å². The highest BCUT2D eigenvalue weighted by atomic mass is 16.6. The Morgan fingerprint density at radius 2 is 1.13 bits per heavy atom. The molecule has 1 aliphatic heterocycles. The van der Waals surface area contributed by atoms with Crippen molar-refractivity contribution in [1.82, 2.24) is 0 Å². The molecule has 0 aliphatic carbocycles. The fourth-order valence-corrected chi connectivity index (χ4v) is 3.84. The van der Waals surface area contributed by atoms with Gasteiger partial charge in [-0.2, -0.15) is 0 Å². The molecule has 0 spiro atoms. The van der Waals surface area contributed by atoms with E-state index < -0.39 is 0 Å². The second-order valence-corrected chi connectivity index (χ2v) is 7.67. The lowest BCUT2D eigenvalue weighted by Gasteiger charge is -2.10. The Hall–Kier alpha value is -3.20. The summed E-state index contributed by atoms with van der Waals surface area (Å²) in [6, 6.07) is 38.1. The van der Waals surface area contributed by atoms with Crippen LogP contribution in [0.5, 0.6) is 0 Å². The van der Waals surface area contributed by atoms with Crippen molar-refractivity contribution >= 4 is 0 Å². The van der Waals surface area contributed by atoms with Gasteiger partial charge in [0.25, 0.3) is 0 Å². The van der Waals surface area contributed by atoms with Gasteiger partial charge >= 0.3 is 0 Å². The molecule has 0 bridgehead atoms. The molecule has 0 N–H and O–H groups in total. The number of rotatable bonds is 7. The standard InChI is InChI=1S/C28H24O2/c1-4-10-21(11-5-1)19-29-20-27-28(30-27)26-17-24(22-12-6-2-7-13-22)16-25(18-26)23-14-8-3-9-15-23/h1-18,27-28H,19-20H2/t27-,28-/m0/s1. The van der Waals surface area contributed by atoms with E-state index in [4.69, 9.17) is 9.47 Å². The lowest BCUT2D eigenvalue weighted by molar-refractivity contribution is 0.104. The van der Waals surface area contributed by atoms with Gasteiger partial charge in [0, 0.05) is 0 Å². The van der Waals surface area contributed by atoms with Crippen molar-refractivity contribution in [1.29, 1.82) is 0 Å². The Kier molecular flexibility index (Phi) is 5.43. The topological polar surface area (TPSA) is 21.8 Å². The second kappa shape index (κ2) is 8.66. The average molecular weight is 392 g/mol. The monoisotopic (exact) mass is 392 g/mol. The van der Waals surface area contributed by atoms with Crippen LogP contribution < -0.4 is 0 Å². The number of hydrogen-bond acceptors (Lipinski definition) is 2. The lowest BCUT2D eigenvalue weighted by atomic mass is 9.94. The highest BCUT2D eigenvalue weighted by Crippen LogP contribution is 2.42. The highest BCUT2D eigenvalue weighted by molar-refractivity contribution is 5.74. The largest absolute Gasteiger partial charge is 0.374 e. The van der Waals surface area contributed by atoms with E-state index in [1.165, 1.54) is 33.4 Å². The van der Waals surface area contributed by atoms with Crippen LogP contribution in [0.25, 0.3) is 22.3 Å². The molecule has 1 aliphatic rings. The van der Waals surface area contributed by atoms with Gasteiger partial charge in [-0.15, -0.1) is 0 Å². The molecule has 2 atom stereocenters. The van der Waals surface area contributed by atoms with E-state index in [9.17, 15) is 0 Å². The van der Waals surface area contributed by atoms with Crippen LogP contribution in [0.15, 0.2) is 109 Å². The highest BCUT2D eigenvalue weighted by Gasteiger charge is 2.40. The van der Waals surface area contributed by atoms with Gasteiger partial charge in [-0.3, -0.25) is 0 Å². The van der Waals surface area contributed by atoms with E-state index in [-0.39, 0.29) is 12.2 Å². The Labute approximate surface area is 177 Å². The second-order valence-electron chi connectivity index (χ2n) is 7.67. The minimum Gasteiger partial charge on any atom is -0.374 e. The van der Waals surface area contributed by atoms with Gasteiger partial charge in [0.15, 0.2) is 0 Å². The number of epoxide rings is 1. The van der Waals surface area contributed by atoms with Crippen molar-refractivity contribution < 1.29 is 9.47 Å². The van der Waals surface area contributed by atoms with Crippen LogP contribution in [0, 0.1) is 0 Å². The smallest absolute Gasteiger partial charge is 0.112 e. The maximum atomic E-state index is 6.00. The molecule has 2 heteroatoms. The summed E-state index contributed by atoms with van der Waals surface area (Å²) in [5.41, 5.74) is 7.26. The third-order valence-corrected chi connectivity index (χ3v) is 5.47. The SMILES string of the molecule is c1ccc(COC[C@@H]2O[C@H]2c2cc(-c3ccccc3)cc(-c3ccccc3)c2)cc1. The van der Waals surface area contributed by atoms with Crippen LogP contribution in [-0.2, 0) is 16.1 Å². The molecule has 0 aromatic heterocycles. The minimum atomic E-state index is 0.0897. The zero-order valence-electron chi connectivity index (χ0n) is 16.8. The van der Waals surface area contributed by atoms with Crippen molar-refractivity contribution in [3.05, 3.63) is 120 Å². The van der Waals surface area contributed by atoms with Gasteiger partial charge in [0.1, 0.15) is 12.2 Å². The first-order valence-corrected chi connectivity index (χ1v) is 10.4. The molecule has 2 nitrogen and oxygen atoms in total. The Balaban J connectivity index is 1.35. The molecule has 0 saturated carbocycles. The lowest BCUT2D eigenvalue weighted by Crippen LogP contribution is -2.03. The van der Waals surface area contributed by atoms with Crippen molar-refractivity contribution in [3.8, 4) is 22.3 Å². The fourth-order valence-electron chi connectivity index (χ4n) is 3.84. The molecule has 1 saturated heterocycles. The molecule has 4 aromatic carbocycles. The maximum Gasteiger partial charge on any atom is 0.112 e. The molecule has 148 valence electrons. The summed E-state index contributed by atoms with van der Waals surface area (Å²) in [6.07, 6.45) is 0.204. The van der Waals surface area contributed by atoms with E-state index in [1.807, 2.05) is 18.2 Å². The number of hydrogen-bond donors (Lipinski definition) is 0. The summed E-state index contributed by atoms with van der Waals surface area (Å²) in [4.78, 5) is 0. The van der Waals surface area contributed by atoms with E-state index in [1.54, 1.807) is 0 Å². The molecule has 1 heterocycles. The summed E-state index contributed by atoms with van der Waals surface area (Å²) < 4.78 is 11.9. The molecule has 30 heavy (non-hydrogen) atoms. The average Bonchev–Trinajstić information content (AvgIpc) is 3.60. The Bertz CT molecular complexity index is 1030. The first-order chi connectivity index (χ1) is 14.9. The van der Waals surface area contributed by atoms with Crippen LogP contribution in [-0.4, -0.2) is 12.7 Å². The van der Waals surface area contributed by atoms with Crippen molar-refractivity contribution in [2.45, 2.75) is 18.8 Å². The van der Waals surface area contributed by atoms with E-state index in [2.05, 4.69) is 91.0 Å². The van der Waals surface area contributed by atoms with Crippen molar-refractivity contribution in [2.75, 3.05) is 6.61 Å². The predicted molar refractivity (Wildman–Crippen MR) is 121 cm³/mol. The molecule has 4 aromatic rings. The van der Waals surface area contributed by atoms with Crippen LogP contribution in [0.3, 0.4) is 0 Å². The summed E-state index contributed by atoms with van der Waals surface area (Å²) >= 11 is 0. The van der Waals surface area contributed by atoms with Gasteiger partial charge in [0.2, 0.25) is 0 Å². The van der Waals surface area contributed by atoms with Gasteiger partial charge in [-0.1, -0.05) is 91.0 Å². The van der Waals surface area contributed by atoms with Gasteiger partial charge in [0.05, 0.1) is 13.2 Å². The number of ether oxygens (including phenoxy) is 2. The normalized spacial score (nSPS) is 17.6. The van der Waals surface area contributed by atoms with Crippen molar-refractivity contribution in [2.24, 2.45) is 0 Å². The first kappa shape index (κ1) is 18.8. The zero-order chi connectivity index (χ0) is 20.2. The van der Waals surface area contributed by atoms with E-state index in [0.29, 0.717) is 13.2 Å². The molecular weight excluding hydrogens is 368 g/mol. The van der Waals surface area contributed by atoms with Gasteiger partial charge < -0.3 is 9.47 Å². The maximum absolute atomic E-state index is 6.00. The molecule has 0 radical (unpaired) electrons. The quantitative estimate of drug-likeness (QED) is 0.327. The minimum absolute atomic E-state index is 0.0897. The van der Waals surface area contributed by atoms with Gasteiger partial charge in [-0.25, -0.2) is 0 Å². The molecule has 0 unspecified atom stereocenters. The van der Waals surface area contributed by atoms with Crippen molar-refractivity contribution in [3.63, 3.8) is 0 Å². The summed E-state index contributed by atoms with van der Waals surface area (Å²) in [7, 11) is 0. The summed E-state index contributed by atoms with van der Waals surface area (Å²) in [6.45, 7) is 1.22. The molecule has 0 amide bonds.